The highest BCUT2D eigenvalue weighted by Crippen LogP contribution is 2.41. The molecule has 20 heavy (non-hydrogen) atoms. The summed E-state index contributed by atoms with van der Waals surface area (Å²) in [7, 11) is 0. The van der Waals surface area contributed by atoms with E-state index in [1.165, 1.54) is 0 Å². The Hall–Kier alpha value is -1.46. The highest BCUT2D eigenvalue weighted by molar-refractivity contribution is 5.85. The Kier molecular flexibility index (Phi) is 3.48. The van der Waals surface area contributed by atoms with Gasteiger partial charge in [0, 0.05) is 19.1 Å². The van der Waals surface area contributed by atoms with E-state index in [1.54, 1.807) is 0 Å². The number of amides is 1. The zero-order chi connectivity index (χ0) is 12.8. The number of nitrogens with one attached hydrogen (secondary N) is 2. The number of ether oxygens (including phenoxy) is 2. The van der Waals surface area contributed by atoms with Crippen molar-refractivity contribution in [3.05, 3.63) is 24.3 Å². The van der Waals surface area contributed by atoms with Crippen LogP contribution in [0.15, 0.2) is 24.3 Å². The second-order valence-electron chi connectivity index (χ2n) is 5.38. The molecule has 1 aromatic carbocycles. The van der Waals surface area contributed by atoms with Crippen molar-refractivity contribution in [2.24, 2.45) is 11.8 Å². The molecule has 3 aliphatic rings. The molecule has 2 aliphatic heterocycles. The third-order valence-corrected chi connectivity index (χ3v) is 4.20. The van der Waals surface area contributed by atoms with Crippen LogP contribution in [0.3, 0.4) is 0 Å². The fourth-order valence-electron chi connectivity index (χ4n) is 3.04. The smallest absolute Gasteiger partial charge is 0.264 e. The summed E-state index contributed by atoms with van der Waals surface area (Å²) in [5.74, 6) is 2.51. The minimum atomic E-state index is -0.538. The van der Waals surface area contributed by atoms with E-state index in [1.807, 2.05) is 24.3 Å². The molecule has 1 amide bonds. The average molecular weight is 297 g/mol. The summed E-state index contributed by atoms with van der Waals surface area (Å²) in [6.07, 6.45) is -0.538. The van der Waals surface area contributed by atoms with Gasteiger partial charge in [-0.3, -0.25) is 4.79 Å². The van der Waals surface area contributed by atoms with E-state index in [9.17, 15) is 4.79 Å². The van der Waals surface area contributed by atoms with Gasteiger partial charge in [0.05, 0.1) is 0 Å². The van der Waals surface area contributed by atoms with Gasteiger partial charge in [0.25, 0.3) is 5.91 Å². The number of carbonyl (C=O) groups excluding carboxylic acids is 1. The Morgan fingerprint density at radius 1 is 1.20 bits per heavy atom. The number of piperidine rings is 1. The molecule has 1 aromatic rings. The van der Waals surface area contributed by atoms with Crippen molar-refractivity contribution in [1.29, 1.82) is 0 Å². The maximum atomic E-state index is 12.2. The van der Waals surface area contributed by atoms with E-state index in [0.717, 1.165) is 13.1 Å². The molecule has 0 aromatic heterocycles. The predicted octanol–water partition coefficient (Wildman–Crippen LogP) is 0.582. The lowest BCUT2D eigenvalue weighted by molar-refractivity contribution is -0.130. The number of hydrogen-bond donors (Lipinski definition) is 2. The van der Waals surface area contributed by atoms with Gasteiger partial charge in [0.1, 0.15) is 6.61 Å². The van der Waals surface area contributed by atoms with Crippen molar-refractivity contribution in [3.63, 3.8) is 0 Å². The number of hydrogen-bond acceptors (Lipinski definition) is 4. The molecule has 0 radical (unpaired) electrons. The van der Waals surface area contributed by atoms with Gasteiger partial charge < -0.3 is 20.1 Å². The summed E-state index contributed by atoms with van der Waals surface area (Å²) in [4.78, 5) is 12.2. The Balaban J connectivity index is 0.00000121. The second-order valence-corrected chi connectivity index (χ2v) is 5.38. The molecule has 1 saturated carbocycles. The van der Waals surface area contributed by atoms with Crippen LogP contribution in [0.4, 0.5) is 0 Å². The SMILES string of the molecule is Cl.O=C(NC1C2CNCC21)C1COc2ccccc2O1. The number of carbonyl (C=O) groups is 1. The standard InChI is InChI=1S/C14H16N2O3.ClH/c17-14(16-13-8-5-15-6-9(8)13)12-7-18-10-3-1-2-4-11(10)19-12;/h1-4,8-9,12-13,15H,5-7H2,(H,16,17);1H. The molecule has 1 saturated heterocycles. The largest absolute Gasteiger partial charge is 0.485 e. The van der Waals surface area contributed by atoms with Crippen LogP contribution in [0.1, 0.15) is 0 Å². The Morgan fingerprint density at radius 3 is 2.65 bits per heavy atom. The van der Waals surface area contributed by atoms with Gasteiger partial charge in [-0.25, -0.2) is 0 Å². The molecule has 3 unspecified atom stereocenters. The Labute approximate surface area is 123 Å². The fourth-order valence-corrected chi connectivity index (χ4v) is 3.04. The first-order valence-electron chi connectivity index (χ1n) is 6.72. The van der Waals surface area contributed by atoms with Crippen LogP contribution in [0.2, 0.25) is 0 Å². The van der Waals surface area contributed by atoms with E-state index in [2.05, 4.69) is 10.6 Å². The number of benzene rings is 1. The first kappa shape index (κ1) is 13.5. The third-order valence-electron chi connectivity index (χ3n) is 4.20. The molecule has 6 heteroatoms. The van der Waals surface area contributed by atoms with Crippen LogP contribution in [0.5, 0.6) is 11.5 Å². The maximum absolute atomic E-state index is 12.2. The van der Waals surface area contributed by atoms with Gasteiger partial charge in [-0.15, -0.1) is 12.4 Å². The molecule has 2 fully saturated rings. The first-order chi connectivity index (χ1) is 9.33. The molecule has 0 spiro atoms. The Morgan fingerprint density at radius 2 is 1.90 bits per heavy atom. The molecule has 4 rings (SSSR count). The summed E-state index contributed by atoms with van der Waals surface area (Å²) in [6.45, 7) is 2.31. The zero-order valence-electron chi connectivity index (χ0n) is 10.9. The monoisotopic (exact) mass is 296 g/mol. The molecular weight excluding hydrogens is 280 g/mol. The summed E-state index contributed by atoms with van der Waals surface area (Å²) < 4.78 is 11.2. The minimum absolute atomic E-state index is 0. The molecule has 2 N–H and O–H groups in total. The molecular formula is C14H17ClN2O3. The van der Waals surface area contributed by atoms with Crippen molar-refractivity contribution >= 4 is 18.3 Å². The Bertz CT molecular complexity index is 515. The quantitative estimate of drug-likeness (QED) is 0.838. The zero-order valence-corrected chi connectivity index (χ0v) is 11.7. The summed E-state index contributed by atoms with van der Waals surface area (Å²) in [5, 5.41) is 6.38. The third kappa shape index (κ3) is 2.21. The van der Waals surface area contributed by atoms with Crippen molar-refractivity contribution in [3.8, 4) is 11.5 Å². The average Bonchev–Trinajstić information content (AvgIpc) is 2.88. The molecule has 108 valence electrons. The van der Waals surface area contributed by atoms with Crippen LogP contribution in [-0.2, 0) is 4.79 Å². The van der Waals surface area contributed by atoms with Crippen LogP contribution in [0.25, 0.3) is 0 Å². The van der Waals surface area contributed by atoms with Gasteiger partial charge in [-0.1, -0.05) is 12.1 Å². The van der Waals surface area contributed by atoms with Gasteiger partial charge in [0.2, 0.25) is 6.10 Å². The second kappa shape index (κ2) is 5.14. The summed E-state index contributed by atoms with van der Waals surface area (Å²) >= 11 is 0. The van der Waals surface area contributed by atoms with Crippen molar-refractivity contribution in [1.82, 2.24) is 10.6 Å². The predicted molar refractivity (Wildman–Crippen MR) is 75.4 cm³/mol. The van der Waals surface area contributed by atoms with Gasteiger partial charge in [0.15, 0.2) is 11.5 Å². The van der Waals surface area contributed by atoms with Gasteiger partial charge in [-0.2, -0.15) is 0 Å². The molecule has 3 atom stereocenters. The molecule has 1 aliphatic carbocycles. The number of fused-ring (bicyclic) bond motifs is 2. The minimum Gasteiger partial charge on any atom is -0.485 e. The van der Waals surface area contributed by atoms with Crippen LogP contribution < -0.4 is 20.1 Å². The van der Waals surface area contributed by atoms with Crippen LogP contribution in [0, 0.1) is 11.8 Å². The lowest BCUT2D eigenvalue weighted by atomic mass is 10.2. The normalized spacial score (nSPS) is 32.8. The van der Waals surface area contributed by atoms with E-state index < -0.39 is 6.10 Å². The number of halogens is 1. The topological polar surface area (TPSA) is 59.6 Å². The van der Waals surface area contributed by atoms with E-state index in [0.29, 0.717) is 29.4 Å². The van der Waals surface area contributed by atoms with Crippen molar-refractivity contribution < 1.29 is 14.3 Å². The highest BCUT2D eigenvalue weighted by atomic mass is 35.5. The number of para-hydroxylation sites is 2. The highest BCUT2D eigenvalue weighted by Gasteiger charge is 2.54. The van der Waals surface area contributed by atoms with E-state index in [-0.39, 0.29) is 24.9 Å². The first-order valence-corrected chi connectivity index (χ1v) is 6.72. The van der Waals surface area contributed by atoms with Crippen molar-refractivity contribution in [2.75, 3.05) is 19.7 Å². The van der Waals surface area contributed by atoms with E-state index >= 15 is 0 Å². The van der Waals surface area contributed by atoms with Crippen LogP contribution in [-0.4, -0.2) is 37.7 Å². The lowest BCUT2D eigenvalue weighted by Crippen LogP contribution is -2.46. The summed E-state index contributed by atoms with van der Waals surface area (Å²) in [5.41, 5.74) is 0. The van der Waals surface area contributed by atoms with Gasteiger partial charge >= 0.3 is 0 Å². The van der Waals surface area contributed by atoms with Gasteiger partial charge in [-0.05, 0) is 24.0 Å². The molecule has 5 nitrogen and oxygen atoms in total. The summed E-state index contributed by atoms with van der Waals surface area (Å²) in [6, 6.07) is 7.76. The van der Waals surface area contributed by atoms with Crippen molar-refractivity contribution in [2.45, 2.75) is 12.1 Å². The molecule has 2 heterocycles. The maximum Gasteiger partial charge on any atom is 0.264 e. The van der Waals surface area contributed by atoms with E-state index in [4.69, 9.17) is 9.47 Å². The number of rotatable bonds is 2. The fraction of sp³-hybridized carbons (Fsp3) is 0.500. The molecule has 0 bridgehead atoms. The van der Waals surface area contributed by atoms with Crippen LogP contribution >= 0.6 is 12.4 Å². The lowest BCUT2D eigenvalue weighted by Gasteiger charge is -2.25.